The van der Waals surface area contributed by atoms with Crippen LogP contribution in [0, 0.1) is 0 Å². The first-order valence-corrected chi connectivity index (χ1v) is 8.61. The lowest BCUT2D eigenvalue weighted by Crippen LogP contribution is -2.38. The zero-order valence-corrected chi connectivity index (χ0v) is 12.6. The molecule has 0 spiro atoms. The van der Waals surface area contributed by atoms with E-state index in [9.17, 15) is 13.5 Å². The van der Waals surface area contributed by atoms with Crippen molar-refractivity contribution < 1.29 is 13.5 Å². The number of aliphatic hydroxyl groups excluding tert-OH is 1. The summed E-state index contributed by atoms with van der Waals surface area (Å²) < 4.78 is 22.6. The van der Waals surface area contributed by atoms with Gasteiger partial charge in [0.05, 0.1) is 10.9 Å². The fraction of sp³-hybridized carbons (Fsp3) is 0.600. The van der Waals surface area contributed by atoms with Crippen LogP contribution in [-0.4, -0.2) is 24.5 Å². The van der Waals surface area contributed by atoms with Crippen LogP contribution in [0.2, 0.25) is 0 Å². The normalized spacial score (nSPS) is 18.9. The Kier molecular flexibility index (Phi) is 3.76. The predicted octanol–water partition coefficient (Wildman–Crippen LogP) is 2.81. The van der Waals surface area contributed by atoms with Gasteiger partial charge in [-0.1, -0.05) is 30.7 Å². The Hall–Kier alpha value is -0.870. The van der Waals surface area contributed by atoms with Crippen molar-refractivity contribution in [1.82, 2.24) is 0 Å². The highest BCUT2D eigenvalue weighted by Gasteiger charge is 2.40. The van der Waals surface area contributed by atoms with Crippen molar-refractivity contribution >= 4 is 9.84 Å². The van der Waals surface area contributed by atoms with E-state index in [0.717, 1.165) is 24.0 Å². The molecule has 0 aliphatic heterocycles. The van der Waals surface area contributed by atoms with E-state index < -0.39 is 20.7 Å². The van der Waals surface area contributed by atoms with Crippen molar-refractivity contribution in [3.8, 4) is 0 Å². The molecule has 106 valence electrons. The molecule has 2 rings (SSSR count). The van der Waals surface area contributed by atoms with Crippen molar-refractivity contribution in [2.45, 2.75) is 49.9 Å². The lowest BCUT2D eigenvalue weighted by Gasteiger charge is -2.34. The van der Waals surface area contributed by atoms with Crippen LogP contribution in [0.25, 0.3) is 0 Å². The highest BCUT2D eigenvalue weighted by atomic mass is 32.2. The van der Waals surface area contributed by atoms with Crippen LogP contribution >= 0.6 is 0 Å². The molecule has 1 atom stereocenters. The highest BCUT2D eigenvalue weighted by Crippen LogP contribution is 2.42. The van der Waals surface area contributed by atoms with E-state index in [4.69, 9.17) is 0 Å². The molecule has 3 nitrogen and oxygen atoms in total. The smallest absolute Gasteiger partial charge is 0.155 e. The minimum Gasteiger partial charge on any atom is -0.387 e. The number of benzene rings is 1. The number of hydrogen-bond donors (Lipinski definition) is 1. The molecule has 0 saturated heterocycles. The lowest BCUT2D eigenvalue weighted by atomic mass is 9.76. The fourth-order valence-corrected chi connectivity index (χ4v) is 2.96. The summed E-state index contributed by atoms with van der Waals surface area (Å²) in [5, 5.41) is 10.6. The topological polar surface area (TPSA) is 54.4 Å². The Morgan fingerprint density at radius 1 is 1.26 bits per heavy atom. The molecule has 1 unspecified atom stereocenters. The molecule has 4 heteroatoms. The summed E-state index contributed by atoms with van der Waals surface area (Å²) in [4.78, 5) is 0. The van der Waals surface area contributed by atoms with Gasteiger partial charge in [-0.2, -0.15) is 0 Å². The van der Waals surface area contributed by atoms with Gasteiger partial charge in [0.15, 0.2) is 9.84 Å². The standard InChI is InChI=1S/C15H22O3S/c1-15(2,19(3,17)18)14(16)13-10-5-4-9-12(13)11-7-6-8-11/h4-5,9-11,14,16H,6-8H2,1-3H3. The van der Waals surface area contributed by atoms with E-state index in [-0.39, 0.29) is 0 Å². The zero-order valence-electron chi connectivity index (χ0n) is 11.8. The minimum absolute atomic E-state index is 0.473. The van der Waals surface area contributed by atoms with Crippen molar-refractivity contribution in [2.75, 3.05) is 6.26 Å². The maximum Gasteiger partial charge on any atom is 0.155 e. The van der Waals surface area contributed by atoms with Crippen molar-refractivity contribution in [3.63, 3.8) is 0 Å². The van der Waals surface area contributed by atoms with Crippen LogP contribution < -0.4 is 0 Å². The lowest BCUT2D eigenvalue weighted by molar-refractivity contribution is 0.137. The molecule has 0 radical (unpaired) electrons. The Balaban J connectivity index is 2.41. The van der Waals surface area contributed by atoms with Crippen LogP contribution in [0.1, 0.15) is 56.3 Å². The van der Waals surface area contributed by atoms with Gasteiger partial charge >= 0.3 is 0 Å². The van der Waals surface area contributed by atoms with Crippen LogP contribution in [0.4, 0.5) is 0 Å². The van der Waals surface area contributed by atoms with Crippen LogP contribution in [0.15, 0.2) is 24.3 Å². The number of rotatable bonds is 4. The molecule has 0 aromatic heterocycles. The van der Waals surface area contributed by atoms with E-state index in [0.29, 0.717) is 5.92 Å². The third-order valence-corrected chi connectivity index (χ3v) is 6.58. The first-order chi connectivity index (χ1) is 8.75. The first-order valence-electron chi connectivity index (χ1n) is 6.71. The second-order valence-electron chi connectivity index (χ2n) is 6.03. The van der Waals surface area contributed by atoms with Gasteiger partial charge in [-0.15, -0.1) is 0 Å². The molecule has 1 aromatic carbocycles. The summed E-state index contributed by atoms with van der Waals surface area (Å²) in [7, 11) is -3.33. The Bertz CT molecular complexity index is 557. The third kappa shape index (κ3) is 2.56. The fourth-order valence-electron chi connectivity index (χ4n) is 2.43. The maximum atomic E-state index is 11.9. The van der Waals surface area contributed by atoms with E-state index in [2.05, 4.69) is 0 Å². The molecule has 1 saturated carbocycles. The molecule has 1 aliphatic rings. The average Bonchev–Trinajstić information content (AvgIpc) is 2.25. The molecule has 0 bridgehead atoms. The SMILES string of the molecule is CC(C)(C(O)c1ccccc1C1CCC1)S(C)(=O)=O. The Morgan fingerprint density at radius 2 is 1.84 bits per heavy atom. The molecule has 19 heavy (non-hydrogen) atoms. The minimum atomic E-state index is -3.33. The largest absolute Gasteiger partial charge is 0.387 e. The Labute approximate surface area is 115 Å². The van der Waals surface area contributed by atoms with Gasteiger partial charge in [0.2, 0.25) is 0 Å². The zero-order chi connectivity index (χ0) is 14.3. The van der Waals surface area contributed by atoms with E-state index >= 15 is 0 Å². The maximum absolute atomic E-state index is 11.9. The molecule has 0 amide bonds. The molecule has 1 fully saturated rings. The predicted molar refractivity (Wildman–Crippen MR) is 76.9 cm³/mol. The summed E-state index contributed by atoms with van der Waals surface area (Å²) >= 11 is 0. The quantitative estimate of drug-likeness (QED) is 0.924. The van der Waals surface area contributed by atoms with Crippen LogP contribution in [-0.2, 0) is 9.84 Å². The summed E-state index contributed by atoms with van der Waals surface area (Å²) in [5.74, 6) is 0.473. The van der Waals surface area contributed by atoms with E-state index in [1.807, 2.05) is 24.3 Å². The van der Waals surface area contributed by atoms with Gasteiger partial charge in [-0.3, -0.25) is 0 Å². The molecule has 1 aliphatic carbocycles. The molecule has 1 N–H and O–H groups in total. The summed E-state index contributed by atoms with van der Waals surface area (Å²) in [6.45, 7) is 3.18. The van der Waals surface area contributed by atoms with E-state index in [1.54, 1.807) is 13.8 Å². The van der Waals surface area contributed by atoms with Crippen molar-refractivity contribution in [2.24, 2.45) is 0 Å². The van der Waals surface area contributed by atoms with Gasteiger partial charge in [-0.25, -0.2) is 8.42 Å². The van der Waals surface area contributed by atoms with E-state index in [1.165, 1.54) is 12.7 Å². The Morgan fingerprint density at radius 3 is 2.32 bits per heavy atom. The number of sulfone groups is 1. The molecule has 0 heterocycles. The summed E-state index contributed by atoms with van der Waals surface area (Å²) in [6.07, 6.45) is 3.66. The van der Waals surface area contributed by atoms with Crippen LogP contribution in [0.3, 0.4) is 0 Å². The van der Waals surface area contributed by atoms with Crippen molar-refractivity contribution in [3.05, 3.63) is 35.4 Å². The number of aliphatic hydroxyl groups is 1. The first kappa shape index (κ1) is 14.5. The molecular weight excluding hydrogens is 260 g/mol. The second kappa shape index (κ2) is 4.91. The summed E-state index contributed by atoms with van der Waals surface area (Å²) in [5.41, 5.74) is 1.88. The van der Waals surface area contributed by atoms with Crippen molar-refractivity contribution in [1.29, 1.82) is 0 Å². The van der Waals surface area contributed by atoms with Gasteiger partial charge < -0.3 is 5.11 Å². The molecule has 1 aromatic rings. The average molecular weight is 282 g/mol. The number of hydrogen-bond acceptors (Lipinski definition) is 3. The molecular formula is C15H22O3S. The summed E-state index contributed by atoms with van der Waals surface area (Å²) in [6, 6.07) is 7.68. The monoisotopic (exact) mass is 282 g/mol. The van der Waals surface area contributed by atoms with Gasteiger partial charge in [-0.05, 0) is 43.7 Å². The van der Waals surface area contributed by atoms with Gasteiger partial charge in [0.1, 0.15) is 0 Å². The van der Waals surface area contributed by atoms with Gasteiger partial charge in [0, 0.05) is 6.26 Å². The van der Waals surface area contributed by atoms with Crippen LogP contribution in [0.5, 0.6) is 0 Å². The highest BCUT2D eigenvalue weighted by molar-refractivity contribution is 7.92. The third-order valence-electron chi connectivity index (χ3n) is 4.45. The van der Waals surface area contributed by atoms with Gasteiger partial charge in [0.25, 0.3) is 0 Å². The second-order valence-corrected chi connectivity index (χ2v) is 8.63.